The minimum atomic E-state index is -3.76. The molecule has 2 heterocycles. The molecule has 0 spiro atoms. The quantitative estimate of drug-likeness (QED) is 0.452. The molecule has 0 aliphatic carbocycles. The highest BCUT2D eigenvalue weighted by Gasteiger charge is 2.27. The summed E-state index contributed by atoms with van der Waals surface area (Å²) < 4.78 is 41.5. The molecule has 0 unspecified atom stereocenters. The average molecular weight is 478 g/mol. The van der Waals surface area contributed by atoms with E-state index in [0.29, 0.717) is 30.8 Å². The summed E-state index contributed by atoms with van der Waals surface area (Å²) in [5, 5.41) is 0.787. The maximum Gasteiger partial charge on any atom is 0.264 e. The normalized spacial score (nSPS) is 13.6. The monoisotopic (exact) mass is 477 g/mol. The van der Waals surface area contributed by atoms with E-state index in [1.165, 1.54) is 28.6 Å². The molecule has 1 amide bonds. The van der Waals surface area contributed by atoms with Gasteiger partial charge in [0.15, 0.2) is 0 Å². The van der Waals surface area contributed by atoms with E-state index in [2.05, 4.69) is 4.98 Å². The van der Waals surface area contributed by atoms with Crippen molar-refractivity contribution in [3.63, 3.8) is 0 Å². The maximum atomic E-state index is 13.8. The lowest BCUT2D eigenvalue weighted by Gasteiger charge is -2.27. The third-order valence-corrected chi connectivity index (χ3v) is 8.16. The van der Waals surface area contributed by atoms with E-state index in [0.717, 1.165) is 22.2 Å². The number of halogens is 1. The van der Waals surface area contributed by atoms with Gasteiger partial charge in [0, 0.05) is 53.8 Å². The zero-order valence-electron chi connectivity index (χ0n) is 18.7. The molecular weight excluding hydrogens is 453 g/mol. The number of anilines is 1. The van der Waals surface area contributed by atoms with Crippen LogP contribution in [0.4, 0.5) is 10.1 Å². The number of rotatable bonds is 5. The second-order valence-electron chi connectivity index (χ2n) is 8.28. The third-order valence-electron chi connectivity index (χ3n) is 6.25. The van der Waals surface area contributed by atoms with Crippen LogP contribution < -0.4 is 4.31 Å². The first-order chi connectivity index (χ1) is 16.4. The second kappa shape index (κ2) is 8.61. The lowest BCUT2D eigenvalue weighted by Crippen LogP contribution is -2.35. The van der Waals surface area contributed by atoms with Crippen LogP contribution >= 0.6 is 0 Å². The number of H-pyrrole nitrogens is 1. The molecule has 1 aliphatic rings. The fourth-order valence-electron chi connectivity index (χ4n) is 4.52. The Kier molecular flexibility index (Phi) is 5.61. The first-order valence-corrected chi connectivity index (χ1v) is 12.6. The van der Waals surface area contributed by atoms with Gasteiger partial charge in [-0.25, -0.2) is 12.8 Å². The molecule has 0 atom stereocenters. The van der Waals surface area contributed by atoms with Crippen LogP contribution in [0.5, 0.6) is 0 Å². The molecule has 34 heavy (non-hydrogen) atoms. The van der Waals surface area contributed by atoms with Crippen LogP contribution in [0.2, 0.25) is 0 Å². The van der Waals surface area contributed by atoms with Crippen molar-refractivity contribution in [1.82, 2.24) is 9.88 Å². The van der Waals surface area contributed by atoms with Crippen LogP contribution in [-0.4, -0.2) is 37.3 Å². The molecule has 3 aromatic carbocycles. The number of nitrogens with zero attached hydrogens (tertiary/aromatic N) is 2. The molecule has 1 N–H and O–H groups in total. The molecule has 0 bridgehead atoms. The molecule has 8 heteroatoms. The molecular formula is C26H24FN3O3S. The Bertz CT molecular complexity index is 1460. The Morgan fingerprint density at radius 2 is 1.79 bits per heavy atom. The molecule has 1 aliphatic heterocycles. The number of carbonyl (C=O) groups excluding carboxylic acids is 1. The van der Waals surface area contributed by atoms with Gasteiger partial charge < -0.3 is 9.88 Å². The van der Waals surface area contributed by atoms with Crippen molar-refractivity contribution >= 4 is 32.5 Å². The van der Waals surface area contributed by atoms with Crippen LogP contribution in [0.15, 0.2) is 77.7 Å². The molecule has 0 saturated heterocycles. The molecule has 1 aromatic heterocycles. The maximum absolute atomic E-state index is 13.8. The minimum absolute atomic E-state index is 0.128. The number of aromatic amines is 1. The number of hydrogen-bond acceptors (Lipinski definition) is 3. The van der Waals surface area contributed by atoms with Gasteiger partial charge in [-0.1, -0.05) is 18.2 Å². The van der Waals surface area contributed by atoms with Crippen molar-refractivity contribution in [2.45, 2.75) is 24.8 Å². The Hall–Kier alpha value is -3.65. The van der Waals surface area contributed by atoms with E-state index < -0.39 is 10.0 Å². The summed E-state index contributed by atoms with van der Waals surface area (Å²) in [4.78, 5) is 18.4. The van der Waals surface area contributed by atoms with E-state index in [1.54, 1.807) is 54.3 Å². The molecule has 174 valence electrons. The highest BCUT2D eigenvalue weighted by Crippen LogP contribution is 2.29. The predicted octanol–water partition coefficient (Wildman–Crippen LogP) is 4.72. The predicted molar refractivity (Wildman–Crippen MR) is 130 cm³/mol. The lowest BCUT2D eigenvalue weighted by atomic mass is 10.0. The first-order valence-electron chi connectivity index (χ1n) is 11.1. The Labute approximate surface area is 197 Å². The summed E-state index contributed by atoms with van der Waals surface area (Å²) in [7, 11) is -3.76. The van der Waals surface area contributed by atoms with Gasteiger partial charge in [0.1, 0.15) is 5.82 Å². The number of nitrogens with one attached hydrogen (secondary N) is 1. The molecule has 6 nitrogen and oxygen atoms in total. The summed E-state index contributed by atoms with van der Waals surface area (Å²) in [6, 6.07) is 19.6. The number of fused-ring (bicyclic) bond motifs is 3. The summed E-state index contributed by atoms with van der Waals surface area (Å²) in [5.41, 5.74) is 3.80. The van der Waals surface area contributed by atoms with E-state index in [-0.39, 0.29) is 23.2 Å². The summed E-state index contributed by atoms with van der Waals surface area (Å²) in [6.07, 6.45) is 0.645. The number of aromatic nitrogens is 1. The van der Waals surface area contributed by atoms with E-state index >= 15 is 0 Å². The van der Waals surface area contributed by atoms with Crippen molar-refractivity contribution in [1.29, 1.82) is 0 Å². The minimum Gasteiger partial charge on any atom is -0.358 e. The van der Waals surface area contributed by atoms with E-state index in [4.69, 9.17) is 0 Å². The van der Waals surface area contributed by atoms with Crippen molar-refractivity contribution in [3.8, 4) is 0 Å². The third kappa shape index (κ3) is 3.84. The van der Waals surface area contributed by atoms with Gasteiger partial charge >= 0.3 is 0 Å². The number of benzene rings is 3. The van der Waals surface area contributed by atoms with Gasteiger partial charge in [-0.05, 0) is 61.5 Å². The van der Waals surface area contributed by atoms with Gasteiger partial charge in [0.05, 0.1) is 10.6 Å². The highest BCUT2D eigenvalue weighted by atomic mass is 32.2. The number of carbonyl (C=O) groups is 1. The van der Waals surface area contributed by atoms with Gasteiger partial charge in [0.25, 0.3) is 15.9 Å². The SMILES string of the molecule is CCN(c1ccccc1)S(=O)(=O)c1ccc(C(=O)N2CCc3[nH]c4ccc(F)cc4c3C2)cc1. The van der Waals surface area contributed by atoms with E-state index in [1.807, 2.05) is 6.07 Å². The topological polar surface area (TPSA) is 73.5 Å². The zero-order valence-corrected chi connectivity index (χ0v) is 19.5. The number of para-hydroxylation sites is 1. The molecule has 0 saturated carbocycles. The van der Waals surface area contributed by atoms with E-state index in [9.17, 15) is 17.6 Å². The van der Waals surface area contributed by atoms with Crippen LogP contribution in [0, 0.1) is 5.82 Å². The number of sulfonamides is 1. The van der Waals surface area contributed by atoms with Crippen molar-refractivity contribution < 1.29 is 17.6 Å². The molecule has 0 radical (unpaired) electrons. The van der Waals surface area contributed by atoms with Crippen LogP contribution in [0.3, 0.4) is 0 Å². The van der Waals surface area contributed by atoms with Gasteiger partial charge in [0.2, 0.25) is 0 Å². The van der Waals surface area contributed by atoms with Crippen LogP contribution in [0.1, 0.15) is 28.5 Å². The fraction of sp³-hybridized carbons (Fsp3) is 0.192. The average Bonchev–Trinajstić information content (AvgIpc) is 3.21. The van der Waals surface area contributed by atoms with Gasteiger partial charge in [-0.3, -0.25) is 9.10 Å². The number of hydrogen-bond donors (Lipinski definition) is 1. The second-order valence-corrected chi connectivity index (χ2v) is 10.1. The summed E-state index contributed by atoms with van der Waals surface area (Å²) >= 11 is 0. The molecule has 5 rings (SSSR count). The largest absolute Gasteiger partial charge is 0.358 e. The first kappa shape index (κ1) is 22.2. The Balaban J connectivity index is 1.38. The number of amides is 1. The Morgan fingerprint density at radius 1 is 1.06 bits per heavy atom. The lowest BCUT2D eigenvalue weighted by molar-refractivity contribution is 0.0735. The molecule has 4 aromatic rings. The summed E-state index contributed by atoms with van der Waals surface area (Å²) in [5.74, 6) is -0.498. The Morgan fingerprint density at radius 3 is 2.50 bits per heavy atom. The van der Waals surface area contributed by atoms with Crippen molar-refractivity contribution in [3.05, 3.63) is 95.4 Å². The fourth-order valence-corrected chi connectivity index (χ4v) is 6.00. The van der Waals surface area contributed by atoms with Crippen molar-refractivity contribution in [2.24, 2.45) is 0 Å². The zero-order chi connectivity index (χ0) is 23.9. The summed E-state index contributed by atoms with van der Waals surface area (Å²) in [6.45, 7) is 2.96. The van der Waals surface area contributed by atoms with Crippen LogP contribution in [0.25, 0.3) is 10.9 Å². The van der Waals surface area contributed by atoms with Gasteiger partial charge in [-0.2, -0.15) is 0 Å². The van der Waals surface area contributed by atoms with Crippen molar-refractivity contribution in [2.75, 3.05) is 17.4 Å². The smallest absolute Gasteiger partial charge is 0.264 e. The van der Waals surface area contributed by atoms with Gasteiger partial charge in [-0.15, -0.1) is 0 Å². The van der Waals surface area contributed by atoms with Crippen LogP contribution in [-0.2, 0) is 23.0 Å². The standard InChI is InChI=1S/C26H24FN3O3S/c1-2-30(20-6-4-3-5-7-20)34(32,33)21-11-8-18(9-12-21)26(31)29-15-14-25-23(17-29)22-16-19(27)10-13-24(22)28-25/h3-13,16,28H,2,14-15,17H2,1H3. The molecule has 0 fully saturated rings. The highest BCUT2D eigenvalue weighted by molar-refractivity contribution is 7.92.